The van der Waals surface area contributed by atoms with E-state index in [1.165, 1.54) is 12.1 Å². The van der Waals surface area contributed by atoms with Crippen LogP contribution in [0.15, 0.2) is 65.5 Å². The van der Waals surface area contributed by atoms with Gasteiger partial charge in [-0.25, -0.2) is 9.37 Å². The Morgan fingerprint density at radius 2 is 1.97 bits per heavy atom. The summed E-state index contributed by atoms with van der Waals surface area (Å²) in [6.07, 6.45) is 7.86. The van der Waals surface area contributed by atoms with Crippen molar-refractivity contribution < 1.29 is 13.4 Å². The number of hydrogen-bond acceptors (Lipinski definition) is 3. The third-order valence-electron chi connectivity index (χ3n) is 5.59. The molecule has 3 aromatic rings. The third-order valence-corrected chi connectivity index (χ3v) is 6.52. The van der Waals surface area contributed by atoms with Crippen LogP contribution in [-0.4, -0.2) is 32.9 Å². The lowest BCUT2D eigenvalue weighted by Crippen LogP contribution is -2.25. The van der Waals surface area contributed by atoms with E-state index in [1.54, 1.807) is 24.8 Å². The number of carbonyl (C=O) groups excluding carboxylic acids is 1. The van der Waals surface area contributed by atoms with E-state index in [0.29, 0.717) is 13.0 Å². The van der Waals surface area contributed by atoms with Crippen LogP contribution in [0.2, 0.25) is 0 Å². The fourth-order valence-corrected chi connectivity index (χ4v) is 4.40. The maximum absolute atomic E-state index is 14.1. The molecule has 2 N–H and O–H groups in total. The molecule has 32 heavy (non-hydrogen) atoms. The summed E-state index contributed by atoms with van der Waals surface area (Å²) in [6, 6.07) is 12.2. The Bertz CT molecular complexity index is 1230. The quantitative estimate of drug-likeness (QED) is 0.563. The zero-order chi connectivity index (χ0) is 22.7. The number of benzene rings is 2. The lowest BCUT2D eigenvalue weighted by Gasteiger charge is -2.08. The average Bonchev–Trinajstić information content (AvgIpc) is 3.37. The average molecular weight is 450 g/mol. The number of H-pyrrole nitrogens is 1. The van der Waals surface area contributed by atoms with Crippen LogP contribution in [0.5, 0.6) is 0 Å². The van der Waals surface area contributed by atoms with Crippen LogP contribution in [0.25, 0.3) is 17.2 Å². The number of aromatic nitrogens is 2. The molecule has 1 amide bonds. The number of imidazole rings is 1. The fraction of sp³-hybridized carbons (Fsp3) is 0.200. The van der Waals surface area contributed by atoms with Crippen molar-refractivity contribution in [2.45, 2.75) is 24.7 Å². The maximum atomic E-state index is 14.1. The Kier molecular flexibility index (Phi) is 6.46. The number of nitrogens with one attached hydrogen (secondary N) is 2. The first-order valence-electron chi connectivity index (χ1n) is 10.3. The van der Waals surface area contributed by atoms with Gasteiger partial charge in [-0.3, -0.25) is 9.00 Å². The van der Waals surface area contributed by atoms with Crippen molar-refractivity contribution in [3.05, 3.63) is 88.8 Å². The molecule has 164 valence electrons. The van der Waals surface area contributed by atoms with E-state index < -0.39 is 10.8 Å². The molecule has 7 heteroatoms. The SMILES string of the molecule is CC1=C(CC(=O)NCCc2cnc[nH]2)c2cc(F)ccc2C1=Cc1ccc(S(C)=O)cc1. The van der Waals surface area contributed by atoms with Crippen LogP contribution in [0.4, 0.5) is 4.39 Å². The summed E-state index contributed by atoms with van der Waals surface area (Å²) in [4.78, 5) is 20.4. The van der Waals surface area contributed by atoms with E-state index in [9.17, 15) is 13.4 Å². The lowest BCUT2D eigenvalue weighted by molar-refractivity contribution is -0.120. The van der Waals surface area contributed by atoms with Crippen molar-refractivity contribution in [2.24, 2.45) is 0 Å². The van der Waals surface area contributed by atoms with Gasteiger partial charge in [0.1, 0.15) is 5.82 Å². The second kappa shape index (κ2) is 9.44. The smallest absolute Gasteiger partial charge is 0.224 e. The monoisotopic (exact) mass is 449 g/mol. The van der Waals surface area contributed by atoms with Crippen LogP contribution in [0.1, 0.15) is 35.7 Å². The minimum Gasteiger partial charge on any atom is -0.355 e. The van der Waals surface area contributed by atoms with Gasteiger partial charge in [-0.05, 0) is 70.7 Å². The summed E-state index contributed by atoms with van der Waals surface area (Å²) in [5.41, 5.74) is 6.32. The molecular weight excluding hydrogens is 425 g/mol. The number of hydrogen-bond donors (Lipinski definition) is 2. The number of nitrogens with zero attached hydrogens (tertiary/aromatic N) is 1. The first-order valence-corrected chi connectivity index (χ1v) is 11.9. The van der Waals surface area contributed by atoms with Crippen molar-refractivity contribution in [1.29, 1.82) is 0 Å². The minimum absolute atomic E-state index is 0.106. The molecule has 0 spiro atoms. The van der Waals surface area contributed by atoms with E-state index in [2.05, 4.69) is 15.3 Å². The predicted molar refractivity (Wildman–Crippen MR) is 126 cm³/mol. The van der Waals surface area contributed by atoms with E-state index in [1.807, 2.05) is 37.3 Å². The second-order valence-corrected chi connectivity index (χ2v) is 9.11. The lowest BCUT2D eigenvalue weighted by atomic mass is 10.0. The highest BCUT2D eigenvalue weighted by Gasteiger charge is 2.25. The van der Waals surface area contributed by atoms with Gasteiger partial charge < -0.3 is 10.3 Å². The van der Waals surface area contributed by atoms with Gasteiger partial charge in [0.05, 0.1) is 12.7 Å². The summed E-state index contributed by atoms with van der Waals surface area (Å²) < 4.78 is 25.7. The van der Waals surface area contributed by atoms with Crippen LogP contribution in [-0.2, 0) is 22.0 Å². The van der Waals surface area contributed by atoms with Gasteiger partial charge >= 0.3 is 0 Å². The molecule has 5 nitrogen and oxygen atoms in total. The molecule has 1 aliphatic rings. The van der Waals surface area contributed by atoms with Crippen LogP contribution in [0.3, 0.4) is 0 Å². The minimum atomic E-state index is -1.03. The third kappa shape index (κ3) is 4.78. The molecule has 0 radical (unpaired) electrons. The molecule has 1 heterocycles. The molecule has 4 rings (SSSR count). The van der Waals surface area contributed by atoms with Gasteiger partial charge in [-0.2, -0.15) is 0 Å². The molecular formula is C25H24FN3O2S. The Balaban J connectivity index is 1.58. The number of carbonyl (C=O) groups is 1. The Labute approximate surface area is 188 Å². The molecule has 1 aliphatic carbocycles. The molecule has 0 aliphatic heterocycles. The number of halogens is 1. The topological polar surface area (TPSA) is 74.8 Å². The summed E-state index contributed by atoms with van der Waals surface area (Å²) >= 11 is 0. The molecule has 0 bridgehead atoms. The van der Waals surface area contributed by atoms with Crippen LogP contribution < -0.4 is 5.32 Å². The first kappa shape index (κ1) is 21.9. The fourth-order valence-electron chi connectivity index (χ4n) is 3.88. The van der Waals surface area contributed by atoms with Crippen molar-refractivity contribution in [3.8, 4) is 0 Å². The van der Waals surface area contributed by atoms with E-state index >= 15 is 0 Å². The summed E-state index contributed by atoms with van der Waals surface area (Å²) in [5.74, 6) is -0.435. The van der Waals surface area contributed by atoms with Gasteiger partial charge in [0, 0.05) is 46.8 Å². The van der Waals surface area contributed by atoms with Crippen molar-refractivity contribution in [3.63, 3.8) is 0 Å². The standard InChI is InChI=1S/C25H24FN3O2S/c1-16-22(11-17-3-6-20(7-4-17)32(2)31)21-8-5-18(26)12-24(21)23(16)13-25(30)28-10-9-19-14-27-15-29-19/h3-8,11-12,14-15H,9-10,13H2,1-2H3,(H,27,29)(H,28,30). The zero-order valence-electron chi connectivity index (χ0n) is 17.9. The molecule has 0 saturated carbocycles. The van der Waals surface area contributed by atoms with Crippen molar-refractivity contribution in [1.82, 2.24) is 15.3 Å². The molecule has 1 atom stereocenters. The summed E-state index contributed by atoms with van der Waals surface area (Å²) in [5, 5.41) is 2.93. The van der Waals surface area contributed by atoms with Gasteiger partial charge in [0.2, 0.25) is 5.91 Å². The largest absolute Gasteiger partial charge is 0.355 e. The van der Waals surface area contributed by atoms with E-state index in [4.69, 9.17) is 0 Å². The highest BCUT2D eigenvalue weighted by Crippen LogP contribution is 2.43. The highest BCUT2D eigenvalue weighted by atomic mass is 32.2. The number of fused-ring (bicyclic) bond motifs is 1. The Morgan fingerprint density at radius 1 is 1.19 bits per heavy atom. The number of aromatic amines is 1. The normalized spacial score (nSPS) is 15.2. The number of allylic oxidation sites excluding steroid dienone is 2. The van der Waals surface area contributed by atoms with Crippen molar-refractivity contribution >= 4 is 33.9 Å². The van der Waals surface area contributed by atoms with Crippen molar-refractivity contribution in [2.75, 3.05) is 12.8 Å². The zero-order valence-corrected chi connectivity index (χ0v) is 18.8. The maximum Gasteiger partial charge on any atom is 0.224 e. The highest BCUT2D eigenvalue weighted by molar-refractivity contribution is 7.84. The Morgan fingerprint density at radius 3 is 2.66 bits per heavy atom. The van der Waals surface area contributed by atoms with Crippen LogP contribution in [0, 0.1) is 5.82 Å². The number of rotatable bonds is 7. The van der Waals surface area contributed by atoms with Gasteiger partial charge in [0.25, 0.3) is 0 Å². The van der Waals surface area contributed by atoms with E-state index in [-0.39, 0.29) is 18.1 Å². The molecule has 1 unspecified atom stereocenters. The second-order valence-electron chi connectivity index (χ2n) is 7.73. The summed E-state index contributed by atoms with van der Waals surface area (Å²) in [6.45, 7) is 2.46. The first-order chi connectivity index (χ1) is 15.4. The molecule has 2 aromatic carbocycles. The molecule has 1 aromatic heterocycles. The molecule has 0 saturated heterocycles. The molecule has 0 fully saturated rings. The van der Waals surface area contributed by atoms with Gasteiger partial charge in [-0.15, -0.1) is 0 Å². The predicted octanol–water partition coefficient (Wildman–Crippen LogP) is 4.36. The van der Waals surface area contributed by atoms with Crippen LogP contribution >= 0.6 is 0 Å². The summed E-state index contributed by atoms with van der Waals surface area (Å²) in [7, 11) is -1.03. The number of amides is 1. The van der Waals surface area contributed by atoms with Gasteiger partial charge in [0.15, 0.2) is 0 Å². The Hall–Kier alpha value is -3.32. The van der Waals surface area contributed by atoms with E-state index in [0.717, 1.165) is 44.0 Å². The van der Waals surface area contributed by atoms with Gasteiger partial charge in [-0.1, -0.05) is 18.2 Å².